The van der Waals surface area contributed by atoms with Gasteiger partial charge in [0.15, 0.2) is 0 Å². The highest BCUT2D eigenvalue weighted by Gasteiger charge is 2.44. The molecule has 1 aromatic heterocycles. The van der Waals surface area contributed by atoms with Crippen LogP contribution in [0.25, 0.3) is 0 Å². The van der Waals surface area contributed by atoms with Gasteiger partial charge < -0.3 is 9.73 Å². The van der Waals surface area contributed by atoms with Crippen molar-refractivity contribution in [3.05, 3.63) is 23.7 Å². The Hall–Kier alpha value is -1.50. The molecule has 7 heteroatoms. The topological polar surface area (TPSA) is 45.5 Å². The molecule has 1 aromatic rings. The first-order valence-electron chi connectivity index (χ1n) is 6.40. The molecule has 0 spiro atoms. The molecule has 2 rings (SSSR count). The largest absolute Gasteiger partial charge is 0.469 e. The molecule has 1 amide bonds. The summed E-state index contributed by atoms with van der Waals surface area (Å²) in [5, 5.41) is 2.74. The number of carbonyl (C=O) groups excluding carboxylic acids is 1. The van der Waals surface area contributed by atoms with Crippen LogP contribution in [0.3, 0.4) is 0 Å². The summed E-state index contributed by atoms with van der Waals surface area (Å²) >= 11 is 0. The van der Waals surface area contributed by atoms with Crippen molar-refractivity contribution in [3.8, 4) is 0 Å². The van der Waals surface area contributed by atoms with E-state index >= 15 is 0 Å². The molecule has 20 heavy (non-hydrogen) atoms. The zero-order chi connectivity index (χ0) is 14.9. The van der Waals surface area contributed by atoms with Gasteiger partial charge in [0, 0.05) is 12.6 Å². The van der Waals surface area contributed by atoms with Gasteiger partial charge >= 0.3 is 6.18 Å². The van der Waals surface area contributed by atoms with Crippen LogP contribution < -0.4 is 5.32 Å². The smallest absolute Gasteiger partial charge is 0.404 e. The molecule has 1 aliphatic rings. The highest BCUT2D eigenvalue weighted by Crippen LogP contribution is 2.30. The molecule has 2 atom stereocenters. The molecular formula is C13H17F3N2O2. The molecule has 1 N–H and O–H groups in total. The lowest BCUT2D eigenvalue weighted by atomic mass is 9.98. The molecule has 1 fully saturated rings. The Balaban J connectivity index is 1.92. The zero-order valence-corrected chi connectivity index (χ0v) is 11.3. The third-order valence-electron chi connectivity index (χ3n) is 3.53. The van der Waals surface area contributed by atoms with Crippen molar-refractivity contribution in [3.63, 3.8) is 0 Å². The number of nitrogens with zero attached hydrogens (tertiary/aromatic N) is 1. The van der Waals surface area contributed by atoms with Crippen molar-refractivity contribution in [2.75, 3.05) is 13.6 Å². The summed E-state index contributed by atoms with van der Waals surface area (Å²) in [6.07, 6.45) is -2.56. The molecular weight excluding hydrogens is 273 g/mol. The van der Waals surface area contributed by atoms with Gasteiger partial charge in [0.2, 0.25) is 0 Å². The quantitative estimate of drug-likeness (QED) is 0.909. The Kier molecular flexibility index (Phi) is 4.08. The van der Waals surface area contributed by atoms with Crippen LogP contribution in [-0.2, 0) is 0 Å². The predicted octanol–water partition coefficient (Wildman–Crippen LogP) is 2.34. The molecule has 1 saturated heterocycles. The number of amides is 1. The van der Waals surface area contributed by atoms with E-state index in [2.05, 4.69) is 5.32 Å². The summed E-state index contributed by atoms with van der Waals surface area (Å²) in [5.74, 6) is 0.304. The van der Waals surface area contributed by atoms with Gasteiger partial charge in [-0.3, -0.25) is 9.69 Å². The minimum absolute atomic E-state index is 0.00460. The monoisotopic (exact) mass is 290 g/mol. The molecule has 2 unspecified atom stereocenters. The van der Waals surface area contributed by atoms with E-state index in [0.717, 1.165) is 0 Å². The number of nitrogens with one attached hydrogen (secondary N) is 1. The van der Waals surface area contributed by atoms with Crippen LogP contribution in [0.15, 0.2) is 16.7 Å². The molecule has 0 bridgehead atoms. The number of rotatable bonds is 2. The second kappa shape index (κ2) is 5.47. The Morgan fingerprint density at radius 2 is 2.15 bits per heavy atom. The summed E-state index contributed by atoms with van der Waals surface area (Å²) in [4.78, 5) is 13.1. The fourth-order valence-corrected chi connectivity index (χ4v) is 2.51. The average Bonchev–Trinajstić information content (AvgIpc) is 2.74. The maximum Gasteiger partial charge on any atom is 0.404 e. The van der Waals surface area contributed by atoms with Gasteiger partial charge in [-0.1, -0.05) is 0 Å². The summed E-state index contributed by atoms with van der Waals surface area (Å²) < 4.78 is 43.2. The van der Waals surface area contributed by atoms with Crippen molar-refractivity contribution < 1.29 is 22.4 Å². The van der Waals surface area contributed by atoms with E-state index in [0.29, 0.717) is 17.7 Å². The molecule has 1 aliphatic heterocycles. The van der Waals surface area contributed by atoms with Gasteiger partial charge in [-0.25, -0.2) is 0 Å². The van der Waals surface area contributed by atoms with E-state index in [1.807, 2.05) is 0 Å². The maximum atomic E-state index is 12.7. The van der Waals surface area contributed by atoms with Crippen molar-refractivity contribution in [1.29, 1.82) is 0 Å². The molecule has 112 valence electrons. The first-order chi connectivity index (χ1) is 9.27. The number of furan rings is 1. The average molecular weight is 290 g/mol. The molecule has 4 nitrogen and oxygen atoms in total. The zero-order valence-electron chi connectivity index (χ0n) is 11.3. The van der Waals surface area contributed by atoms with E-state index in [1.165, 1.54) is 18.2 Å². The highest BCUT2D eigenvalue weighted by atomic mass is 19.4. The van der Waals surface area contributed by atoms with Gasteiger partial charge in [0.05, 0.1) is 5.56 Å². The van der Waals surface area contributed by atoms with Gasteiger partial charge in [0.25, 0.3) is 5.91 Å². The highest BCUT2D eigenvalue weighted by molar-refractivity contribution is 5.94. The fourth-order valence-electron chi connectivity index (χ4n) is 2.51. The van der Waals surface area contributed by atoms with Gasteiger partial charge in [0.1, 0.15) is 18.1 Å². The Morgan fingerprint density at radius 1 is 1.45 bits per heavy atom. The number of likely N-dealkylation sites (tertiary alicyclic amines) is 1. The first kappa shape index (κ1) is 14.9. The SMILES string of the molecule is Cc1cc(C(=O)NC2CCC(C(F)(F)F)N(C)C2)co1. The van der Waals surface area contributed by atoms with Crippen LogP contribution in [-0.4, -0.2) is 42.7 Å². The second-order valence-corrected chi connectivity index (χ2v) is 5.19. The standard InChI is InChI=1S/C13H17F3N2O2/c1-8-5-9(7-20-8)12(19)17-10-3-4-11(13(14,15)16)18(2)6-10/h5,7,10-11H,3-4,6H2,1-2H3,(H,17,19). The maximum absolute atomic E-state index is 12.7. The van der Waals surface area contributed by atoms with Crippen LogP contribution in [0.5, 0.6) is 0 Å². The number of carbonyl (C=O) groups is 1. The van der Waals surface area contributed by atoms with E-state index in [9.17, 15) is 18.0 Å². The van der Waals surface area contributed by atoms with Gasteiger partial charge in [-0.05, 0) is 32.9 Å². The summed E-state index contributed by atoms with van der Waals surface area (Å²) in [6, 6.07) is -0.103. The van der Waals surface area contributed by atoms with Crippen molar-refractivity contribution in [2.45, 2.75) is 38.0 Å². The Morgan fingerprint density at radius 3 is 2.65 bits per heavy atom. The minimum Gasteiger partial charge on any atom is -0.469 e. The normalized spacial score (nSPS) is 24.6. The number of piperidine rings is 1. The lowest BCUT2D eigenvalue weighted by molar-refractivity contribution is -0.188. The third-order valence-corrected chi connectivity index (χ3v) is 3.53. The molecule has 0 aromatic carbocycles. The number of hydrogen-bond donors (Lipinski definition) is 1. The second-order valence-electron chi connectivity index (χ2n) is 5.19. The third kappa shape index (κ3) is 3.33. The molecule has 0 aliphatic carbocycles. The van der Waals surface area contributed by atoms with Crippen LogP contribution in [0.1, 0.15) is 29.0 Å². The lowest BCUT2D eigenvalue weighted by Gasteiger charge is -2.38. The lowest BCUT2D eigenvalue weighted by Crippen LogP contribution is -2.54. The number of hydrogen-bond acceptors (Lipinski definition) is 3. The number of likely N-dealkylation sites (N-methyl/N-ethyl adjacent to an activating group) is 1. The summed E-state index contributed by atoms with van der Waals surface area (Å²) in [7, 11) is 1.43. The van der Waals surface area contributed by atoms with Crippen LogP contribution in [0, 0.1) is 6.92 Å². The van der Waals surface area contributed by atoms with Crippen LogP contribution in [0.4, 0.5) is 13.2 Å². The predicted molar refractivity (Wildman–Crippen MR) is 66.4 cm³/mol. The van der Waals surface area contributed by atoms with Crippen molar-refractivity contribution in [2.24, 2.45) is 0 Å². The number of halogens is 3. The van der Waals surface area contributed by atoms with Crippen LogP contribution in [0.2, 0.25) is 0 Å². The molecule has 0 radical (unpaired) electrons. The number of alkyl halides is 3. The van der Waals surface area contributed by atoms with E-state index in [-0.39, 0.29) is 24.9 Å². The first-order valence-corrected chi connectivity index (χ1v) is 6.40. The Bertz CT molecular complexity index is 484. The Labute approximate surface area is 114 Å². The molecule has 2 heterocycles. The molecule has 0 saturated carbocycles. The van der Waals surface area contributed by atoms with E-state index in [4.69, 9.17) is 4.42 Å². The van der Waals surface area contributed by atoms with E-state index < -0.39 is 12.2 Å². The van der Waals surface area contributed by atoms with Crippen molar-refractivity contribution >= 4 is 5.91 Å². The van der Waals surface area contributed by atoms with E-state index in [1.54, 1.807) is 13.0 Å². The van der Waals surface area contributed by atoms with Crippen LogP contribution >= 0.6 is 0 Å². The summed E-state index contributed by atoms with van der Waals surface area (Å²) in [5.41, 5.74) is 0.392. The fraction of sp³-hybridized carbons (Fsp3) is 0.615. The minimum atomic E-state index is -4.22. The summed E-state index contributed by atoms with van der Waals surface area (Å²) in [6.45, 7) is 1.91. The number of aryl methyl sites for hydroxylation is 1. The van der Waals surface area contributed by atoms with Gasteiger partial charge in [-0.15, -0.1) is 0 Å². The van der Waals surface area contributed by atoms with Crippen molar-refractivity contribution in [1.82, 2.24) is 10.2 Å². The van der Waals surface area contributed by atoms with Gasteiger partial charge in [-0.2, -0.15) is 13.2 Å².